The predicted octanol–water partition coefficient (Wildman–Crippen LogP) is 4.48. The fraction of sp³-hybridized carbons (Fsp3) is 0.231. The summed E-state index contributed by atoms with van der Waals surface area (Å²) < 4.78 is 5.89. The first-order valence-corrected chi connectivity index (χ1v) is 10.5. The van der Waals surface area contributed by atoms with Gasteiger partial charge in [-0.1, -0.05) is 67.6 Å². The number of anilines is 1. The zero-order valence-corrected chi connectivity index (χ0v) is 18.0. The van der Waals surface area contributed by atoms with Gasteiger partial charge in [0.1, 0.15) is 5.75 Å². The van der Waals surface area contributed by atoms with E-state index in [1.54, 1.807) is 25.2 Å². The van der Waals surface area contributed by atoms with Crippen LogP contribution in [0.5, 0.6) is 5.75 Å². The van der Waals surface area contributed by atoms with Crippen LogP contribution in [-0.4, -0.2) is 31.5 Å². The number of para-hydroxylation sites is 2. The zero-order valence-electron chi connectivity index (χ0n) is 18.0. The van der Waals surface area contributed by atoms with Gasteiger partial charge in [0.25, 0.3) is 11.8 Å². The van der Waals surface area contributed by atoms with Crippen molar-refractivity contribution in [1.82, 2.24) is 5.32 Å². The maximum atomic E-state index is 13.1. The molecule has 3 rings (SSSR count). The molecule has 1 N–H and O–H groups in total. The number of carbonyl (C=O) groups is 2. The Balaban J connectivity index is 1.68. The smallest absolute Gasteiger partial charge is 0.267 e. The molecule has 0 radical (unpaired) electrons. The highest BCUT2D eigenvalue weighted by Crippen LogP contribution is 2.22. The van der Waals surface area contributed by atoms with Crippen LogP contribution in [0.1, 0.15) is 29.3 Å². The summed E-state index contributed by atoms with van der Waals surface area (Å²) in [5, 5.41) is 2.96. The normalized spacial score (nSPS) is 11.4. The van der Waals surface area contributed by atoms with Crippen LogP contribution in [0, 0.1) is 0 Å². The van der Waals surface area contributed by atoms with Gasteiger partial charge in [-0.3, -0.25) is 9.59 Å². The largest absolute Gasteiger partial charge is 0.481 e. The average Bonchev–Trinajstić information content (AvgIpc) is 2.83. The van der Waals surface area contributed by atoms with Crippen molar-refractivity contribution in [2.45, 2.75) is 25.9 Å². The number of nitrogens with one attached hydrogen (secondary N) is 1. The van der Waals surface area contributed by atoms with Crippen LogP contribution in [0.2, 0.25) is 0 Å². The van der Waals surface area contributed by atoms with Gasteiger partial charge in [0.15, 0.2) is 6.10 Å². The quantitative estimate of drug-likeness (QED) is 0.560. The summed E-state index contributed by atoms with van der Waals surface area (Å²) in [6.45, 7) is 2.42. The van der Waals surface area contributed by atoms with Crippen molar-refractivity contribution in [2.24, 2.45) is 0 Å². The lowest BCUT2D eigenvalue weighted by Crippen LogP contribution is -2.40. The second kappa shape index (κ2) is 11.0. The molecule has 0 fully saturated rings. The second-order valence-corrected chi connectivity index (χ2v) is 7.23. The molecule has 0 spiro atoms. The van der Waals surface area contributed by atoms with Gasteiger partial charge in [-0.05, 0) is 42.7 Å². The van der Waals surface area contributed by atoms with Crippen molar-refractivity contribution in [2.75, 3.05) is 18.5 Å². The maximum Gasteiger partial charge on any atom is 0.267 e. The molecule has 31 heavy (non-hydrogen) atoms. The molecule has 2 amide bonds. The third kappa shape index (κ3) is 5.95. The molecule has 1 atom stereocenters. The van der Waals surface area contributed by atoms with E-state index >= 15 is 0 Å². The Kier molecular flexibility index (Phi) is 7.82. The number of benzene rings is 3. The minimum atomic E-state index is -0.637. The molecule has 0 aliphatic heterocycles. The van der Waals surface area contributed by atoms with E-state index in [2.05, 4.69) is 5.32 Å². The van der Waals surface area contributed by atoms with Crippen LogP contribution in [-0.2, 0) is 11.2 Å². The van der Waals surface area contributed by atoms with E-state index in [-0.39, 0.29) is 11.8 Å². The molecule has 0 saturated carbocycles. The van der Waals surface area contributed by atoms with E-state index in [1.807, 2.05) is 73.7 Å². The van der Waals surface area contributed by atoms with E-state index < -0.39 is 6.10 Å². The fourth-order valence-electron chi connectivity index (χ4n) is 3.32. The summed E-state index contributed by atoms with van der Waals surface area (Å²) in [6.07, 6.45) is 0.622. The number of carbonyl (C=O) groups excluding carboxylic acids is 2. The molecule has 5 nitrogen and oxygen atoms in total. The monoisotopic (exact) mass is 416 g/mol. The molecule has 0 saturated heterocycles. The van der Waals surface area contributed by atoms with Gasteiger partial charge in [-0.15, -0.1) is 0 Å². The summed E-state index contributed by atoms with van der Waals surface area (Å²) in [7, 11) is 1.68. The molecule has 160 valence electrons. The van der Waals surface area contributed by atoms with Crippen LogP contribution in [0.3, 0.4) is 0 Å². The first kappa shape index (κ1) is 22.1. The SMILES string of the molecule is CCC(Oc1ccccc1)C(=O)N(C)c1ccccc1C(=O)NCCc1ccccc1. The van der Waals surface area contributed by atoms with Gasteiger partial charge in [0, 0.05) is 13.6 Å². The average molecular weight is 417 g/mol. The highest BCUT2D eigenvalue weighted by atomic mass is 16.5. The van der Waals surface area contributed by atoms with Gasteiger partial charge in [-0.2, -0.15) is 0 Å². The van der Waals surface area contributed by atoms with Gasteiger partial charge in [-0.25, -0.2) is 0 Å². The van der Waals surface area contributed by atoms with Crippen molar-refractivity contribution < 1.29 is 14.3 Å². The Morgan fingerprint density at radius 2 is 1.52 bits per heavy atom. The molecule has 0 aliphatic carbocycles. The van der Waals surface area contributed by atoms with E-state index in [1.165, 1.54) is 4.90 Å². The highest BCUT2D eigenvalue weighted by molar-refractivity contribution is 6.05. The van der Waals surface area contributed by atoms with Gasteiger partial charge < -0.3 is 15.0 Å². The topological polar surface area (TPSA) is 58.6 Å². The van der Waals surface area contributed by atoms with Crippen LogP contribution < -0.4 is 15.0 Å². The number of hydrogen-bond acceptors (Lipinski definition) is 3. The summed E-state index contributed by atoms with van der Waals surface area (Å²) >= 11 is 0. The molecule has 3 aromatic carbocycles. The van der Waals surface area contributed by atoms with E-state index in [0.717, 1.165) is 12.0 Å². The third-order valence-electron chi connectivity index (χ3n) is 5.05. The van der Waals surface area contributed by atoms with Crippen molar-refractivity contribution >= 4 is 17.5 Å². The third-order valence-corrected chi connectivity index (χ3v) is 5.05. The molecule has 5 heteroatoms. The number of likely N-dealkylation sites (N-methyl/N-ethyl adjacent to an activating group) is 1. The molecular weight excluding hydrogens is 388 g/mol. The Morgan fingerprint density at radius 3 is 2.19 bits per heavy atom. The number of amides is 2. The summed E-state index contributed by atoms with van der Waals surface area (Å²) in [5.74, 6) is 0.238. The maximum absolute atomic E-state index is 13.1. The molecular formula is C26H28N2O3. The first-order valence-electron chi connectivity index (χ1n) is 10.5. The number of hydrogen-bond donors (Lipinski definition) is 1. The Bertz CT molecular complexity index is 990. The van der Waals surface area contributed by atoms with E-state index in [0.29, 0.717) is 30.0 Å². The Hall–Kier alpha value is -3.60. The molecule has 0 aromatic heterocycles. The van der Waals surface area contributed by atoms with Crippen molar-refractivity contribution in [3.05, 3.63) is 96.1 Å². The Labute approximate surface area is 183 Å². The van der Waals surface area contributed by atoms with Crippen LogP contribution in [0.4, 0.5) is 5.69 Å². The van der Waals surface area contributed by atoms with Crippen molar-refractivity contribution in [3.63, 3.8) is 0 Å². The lowest BCUT2D eigenvalue weighted by atomic mass is 10.1. The fourth-order valence-corrected chi connectivity index (χ4v) is 3.32. The van der Waals surface area contributed by atoms with Gasteiger partial charge in [0.05, 0.1) is 11.3 Å². The highest BCUT2D eigenvalue weighted by Gasteiger charge is 2.26. The van der Waals surface area contributed by atoms with Gasteiger partial charge >= 0.3 is 0 Å². The minimum absolute atomic E-state index is 0.198. The second-order valence-electron chi connectivity index (χ2n) is 7.23. The minimum Gasteiger partial charge on any atom is -0.481 e. The number of nitrogens with zero attached hydrogens (tertiary/aromatic N) is 1. The summed E-state index contributed by atoms with van der Waals surface area (Å²) in [5.41, 5.74) is 2.17. The van der Waals surface area contributed by atoms with Crippen LogP contribution in [0.15, 0.2) is 84.9 Å². The zero-order chi connectivity index (χ0) is 22.1. The standard InChI is InChI=1S/C26H28N2O3/c1-3-24(31-21-14-8-5-9-15-21)26(30)28(2)23-17-11-10-16-22(23)25(29)27-19-18-20-12-6-4-7-13-20/h4-17,24H,3,18-19H2,1-2H3,(H,27,29). The van der Waals surface area contributed by atoms with Crippen molar-refractivity contribution in [3.8, 4) is 5.75 Å². The first-order chi connectivity index (χ1) is 15.1. The van der Waals surface area contributed by atoms with Crippen molar-refractivity contribution in [1.29, 1.82) is 0 Å². The molecule has 0 heterocycles. The summed E-state index contributed by atoms with van der Waals surface area (Å²) in [6, 6.07) is 26.4. The molecule has 1 unspecified atom stereocenters. The van der Waals surface area contributed by atoms with Crippen LogP contribution >= 0.6 is 0 Å². The Morgan fingerprint density at radius 1 is 0.903 bits per heavy atom. The molecule has 3 aromatic rings. The number of ether oxygens (including phenoxy) is 1. The van der Waals surface area contributed by atoms with Gasteiger partial charge in [0.2, 0.25) is 0 Å². The lowest BCUT2D eigenvalue weighted by Gasteiger charge is -2.25. The van der Waals surface area contributed by atoms with E-state index in [9.17, 15) is 9.59 Å². The van der Waals surface area contributed by atoms with Crippen LogP contribution in [0.25, 0.3) is 0 Å². The lowest BCUT2D eigenvalue weighted by molar-refractivity contribution is -0.125. The predicted molar refractivity (Wildman–Crippen MR) is 123 cm³/mol. The molecule has 0 aliphatic rings. The summed E-state index contributed by atoms with van der Waals surface area (Å²) in [4.78, 5) is 27.5. The molecule has 0 bridgehead atoms. The number of rotatable bonds is 9. The van der Waals surface area contributed by atoms with E-state index in [4.69, 9.17) is 4.74 Å².